The third-order valence-corrected chi connectivity index (χ3v) is 4.80. The van der Waals surface area contributed by atoms with Crippen LogP contribution in [0.3, 0.4) is 0 Å². The average Bonchev–Trinajstić information content (AvgIpc) is 2.89. The summed E-state index contributed by atoms with van der Waals surface area (Å²) in [5.41, 5.74) is 0. The zero-order chi connectivity index (χ0) is 31.2. The van der Waals surface area contributed by atoms with Crippen LogP contribution in [0.4, 0.5) is 0 Å². The summed E-state index contributed by atoms with van der Waals surface area (Å²) in [4.78, 5) is 54.6. The third kappa shape index (κ3) is 45.0. The number of hydrogen-bond acceptors (Lipinski definition) is 9. The molecule has 0 N–H and O–H groups in total. The van der Waals surface area contributed by atoms with Gasteiger partial charge in [-0.1, -0.05) is 58.3 Å². The Morgan fingerprint density at radius 2 is 1.26 bits per heavy atom. The van der Waals surface area contributed by atoms with Gasteiger partial charge < -0.3 is 28.3 Å². The van der Waals surface area contributed by atoms with E-state index in [4.69, 9.17) is 15.9 Å². The molecule has 0 aliphatic carbocycles. The summed E-state index contributed by atoms with van der Waals surface area (Å²) >= 11 is 3.33. The molecule has 9 nitrogen and oxygen atoms in total. The number of unbranched alkanes of at least 4 members (excludes halogenated alkanes) is 8. The molecule has 0 amide bonds. The van der Waals surface area contributed by atoms with Crippen LogP contribution < -0.4 is 68.9 Å². The van der Waals surface area contributed by atoms with E-state index < -0.39 is 39.1 Å². The minimum absolute atomic E-state index is 0. The summed E-state index contributed by atoms with van der Waals surface area (Å²) in [5.74, 6) is 23.4. The van der Waals surface area contributed by atoms with Gasteiger partial charge in [0.25, 0.3) is 0 Å². The van der Waals surface area contributed by atoms with Crippen LogP contribution in [0.15, 0.2) is 0 Å². The van der Waals surface area contributed by atoms with Gasteiger partial charge in [0.2, 0.25) is 0 Å². The minimum atomic E-state index is -5.31. The van der Waals surface area contributed by atoms with Gasteiger partial charge in [0.1, 0.15) is 6.61 Å². The first-order valence-corrected chi connectivity index (χ1v) is 14.6. The van der Waals surface area contributed by atoms with Gasteiger partial charge in [-0.25, -0.2) is 4.79 Å². The van der Waals surface area contributed by atoms with E-state index in [0.29, 0.717) is 6.42 Å². The van der Waals surface area contributed by atoms with Gasteiger partial charge in [0, 0.05) is 35.0 Å². The molecule has 43 heavy (non-hydrogen) atoms. The second kappa shape index (κ2) is 34.9. The molecule has 1 atom stereocenters. The first-order chi connectivity index (χ1) is 19.5. The second-order valence-corrected chi connectivity index (χ2v) is 9.73. The van der Waals surface area contributed by atoms with E-state index in [0.717, 1.165) is 19.3 Å². The summed E-state index contributed by atoms with van der Waals surface area (Å²) in [6.45, 7) is 2.22. The summed E-state index contributed by atoms with van der Waals surface area (Å²) in [6, 6.07) is 0. The predicted octanol–water partition coefficient (Wildman–Crippen LogP) is -0.965. The van der Waals surface area contributed by atoms with Crippen LogP contribution in [0.25, 0.3) is 0 Å². The number of thiol groups is 1. The first-order valence-electron chi connectivity index (χ1n) is 12.7. The molecule has 0 fully saturated rings. The number of phosphoric acid groups is 1. The van der Waals surface area contributed by atoms with Gasteiger partial charge in [-0.2, -0.15) is 0 Å². The van der Waals surface area contributed by atoms with E-state index in [1.165, 1.54) is 39.0 Å². The molecule has 0 spiro atoms. The van der Waals surface area contributed by atoms with Crippen molar-refractivity contribution in [3.05, 3.63) is 0 Å². The molecule has 0 aliphatic heterocycles. The van der Waals surface area contributed by atoms with Gasteiger partial charge in [-0.05, 0) is 65.6 Å². The van der Waals surface area contributed by atoms with Crippen LogP contribution >= 0.6 is 20.5 Å². The summed E-state index contributed by atoms with van der Waals surface area (Å²) in [6.07, 6.45) is 13.3. The Kier molecular flexibility index (Phi) is 39.2. The van der Waals surface area contributed by atoms with E-state index in [1.807, 2.05) is 0 Å². The predicted molar refractivity (Wildman–Crippen MR) is 177 cm³/mol. The van der Waals surface area contributed by atoms with Crippen molar-refractivity contribution >= 4 is 37.5 Å². The van der Waals surface area contributed by atoms with Crippen molar-refractivity contribution < 1.29 is 118 Å². The molecule has 0 rings (SSSR count). The van der Waals surface area contributed by atoms with E-state index in [-0.39, 0.29) is 86.3 Å². The van der Waals surface area contributed by atoms with Crippen LogP contribution in [0.1, 0.15) is 93.7 Å². The molecule has 242 valence electrons. The van der Waals surface area contributed by atoms with Crippen molar-refractivity contribution in [1.82, 2.24) is 0 Å². The third-order valence-electron chi connectivity index (χ3n) is 4.34. The Morgan fingerprint density at radius 3 is 1.72 bits per heavy atom. The largest absolute Gasteiger partial charge is 1.00 e. The number of rotatable bonds is 16. The number of hydrogen-bond donors (Lipinski definition) is 1. The van der Waals surface area contributed by atoms with Crippen LogP contribution in [-0.4, -0.2) is 36.4 Å². The normalized spacial score (nSPS) is 9.21. The Morgan fingerprint density at radius 1 is 0.814 bits per heavy atom. The van der Waals surface area contributed by atoms with Crippen LogP contribution in [0.5, 0.6) is 0 Å². The van der Waals surface area contributed by atoms with Crippen LogP contribution in [0, 0.1) is 71.5 Å². The zero-order valence-corrected chi connectivity index (χ0v) is 31.0. The fourth-order valence-corrected chi connectivity index (χ4v) is 3.01. The molecule has 0 saturated carbocycles. The SMILES string of the molecule is C#CC#CC#CC#CC#CC#CC(=O)OC[C@H](COP(=O)([O-])[O-])OC(=O)CCCCCCCCCCC.CC(=O)S.[HH].[HH].[HH].[HH].[HH].[HH].[HH].[HH].[HH].[HH].[HH].[Na+].[Na+]. The van der Waals surface area contributed by atoms with Crippen molar-refractivity contribution in [3.8, 4) is 71.5 Å². The molecule has 0 aromatic rings. The minimum Gasteiger partial charge on any atom is -0.790 e. The Labute approximate surface area is 322 Å². The van der Waals surface area contributed by atoms with Crippen LogP contribution in [0.2, 0.25) is 0 Å². The summed E-state index contributed by atoms with van der Waals surface area (Å²) in [5, 5.41) is -0.139. The van der Waals surface area contributed by atoms with Gasteiger partial charge in [0.05, 0.1) is 14.4 Å². The zero-order valence-electron chi connectivity index (χ0n) is 25.2. The van der Waals surface area contributed by atoms with Crippen molar-refractivity contribution in [2.45, 2.75) is 84.2 Å². The maximum Gasteiger partial charge on any atom is 1.00 e. The fourth-order valence-electron chi connectivity index (χ4n) is 2.66. The smallest absolute Gasteiger partial charge is 0.790 e. The quantitative estimate of drug-likeness (QED) is 0.0419. The molecular formula is C30H55Na2O9PS. The molecule has 0 bridgehead atoms. The average molecular weight is 669 g/mol. The summed E-state index contributed by atoms with van der Waals surface area (Å²) in [7, 11) is -5.31. The van der Waals surface area contributed by atoms with E-state index in [1.54, 1.807) is 0 Å². The monoisotopic (exact) mass is 668 g/mol. The maximum atomic E-state index is 12.1. The molecule has 0 saturated heterocycles. The molecule has 0 radical (unpaired) electrons. The molecule has 0 heterocycles. The number of carbonyl (C=O) groups excluding carboxylic acids is 3. The van der Waals surface area contributed by atoms with Crippen molar-refractivity contribution in [2.75, 3.05) is 13.2 Å². The standard InChI is InChI=1S/C28H31O8P.C2H4OS.2Na.11H2/c1-3-5-7-9-11-13-15-16-18-20-22-27(29)34-24-26(25-35-37(31,32)33)36-28(30)23-21-19-17-14-12-10-8-6-4-2;1-2(3)4;;;;;;;;;;;;;/h1,26H,4,6,8,10,12,14,17,19,21,23-25H2,2H3,(H2,31,32,33);1H3,(H,3,4);;;11*1H/q;;2*+1;;;;;;;;;;;/p-2/t26-;;;;;;;;;;;;;;/m1............../s1. The molecule has 13 heteroatoms. The number of phosphoric ester groups is 1. The number of terminal acetylenes is 1. The maximum absolute atomic E-state index is 12.1. The Balaban J connectivity index is -0.0000000653. The van der Waals surface area contributed by atoms with Gasteiger partial charge >= 0.3 is 71.1 Å². The first kappa shape index (κ1) is 48.3. The topological polar surface area (TPSA) is 142 Å². The van der Waals surface area contributed by atoms with Gasteiger partial charge in [0.15, 0.2) is 11.2 Å². The Hall–Kier alpha value is -1.57. The molecular weight excluding hydrogens is 613 g/mol. The van der Waals surface area contributed by atoms with Gasteiger partial charge in [-0.3, -0.25) is 9.59 Å². The second-order valence-electron chi connectivity index (χ2n) is 7.95. The number of esters is 2. The molecule has 0 aromatic heterocycles. The van der Waals surface area contributed by atoms with E-state index in [9.17, 15) is 28.7 Å². The fraction of sp³-hybridized carbons (Fsp3) is 0.500. The van der Waals surface area contributed by atoms with Gasteiger partial charge in [-0.15, -0.1) is 19.1 Å². The van der Waals surface area contributed by atoms with Crippen LogP contribution in [-0.2, 0) is 32.9 Å². The summed E-state index contributed by atoms with van der Waals surface area (Å²) < 4.78 is 24.9. The Bertz CT molecular complexity index is 1270. The van der Waals surface area contributed by atoms with E-state index in [2.05, 4.69) is 89.2 Å². The van der Waals surface area contributed by atoms with E-state index >= 15 is 0 Å². The van der Waals surface area contributed by atoms with Crippen molar-refractivity contribution in [2.24, 2.45) is 0 Å². The molecule has 0 aromatic carbocycles. The number of ether oxygens (including phenoxy) is 2. The molecule has 0 aliphatic rings. The molecule has 0 unspecified atom stereocenters. The van der Waals surface area contributed by atoms with Crippen molar-refractivity contribution in [3.63, 3.8) is 0 Å². The number of carbonyl (C=O) groups is 3. The van der Waals surface area contributed by atoms with Crippen molar-refractivity contribution in [1.29, 1.82) is 0 Å².